The molecule has 2 nitrogen and oxygen atoms in total. The summed E-state index contributed by atoms with van der Waals surface area (Å²) in [5, 5.41) is 2.38. The summed E-state index contributed by atoms with van der Waals surface area (Å²) >= 11 is 0. The Balaban J connectivity index is 1.51. The SMILES string of the molecule is c1ccc(CCNN(CCc2ccccc2)CCc2ccccc2)cc1. The molecular weight excluding hydrogens is 316 g/mol. The quantitative estimate of drug-likeness (QED) is 0.544. The van der Waals surface area contributed by atoms with Crippen molar-refractivity contribution in [1.29, 1.82) is 0 Å². The first-order valence-corrected chi connectivity index (χ1v) is 9.50. The summed E-state index contributed by atoms with van der Waals surface area (Å²) in [6.07, 6.45) is 3.18. The molecule has 0 saturated heterocycles. The lowest BCUT2D eigenvalue weighted by atomic mass is 10.1. The fraction of sp³-hybridized carbons (Fsp3) is 0.250. The van der Waals surface area contributed by atoms with E-state index in [1.807, 2.05) is 0 Å². The van der Waals surface area contributed by atoms with Gasteiger partial charge in [-0.1, -0.05) is 91.0 Å². The highest BCUT2D eigenvalue weighted by atomic mass is 15.5. The van der Waals surface area contributed by atoms with Gasteiger partial charge in [0.2, 0.25) is 0 Å². The van der Waals surface area contributed by atoms with Crippen LogP contribution in [0.15, 0.2) is 91.0 Å². The minimum absolute atomic E-state index is 0.966. The van der Waals surface area contributed by atoms with Crippen LogP contribution in [0.25, 0.3) is 0 Å². The van der Waals surface area contributed by atoms with Gasteiger partial charge in [0.25, 0.3) is 0 Å². The van der Waals surface area contributed by atoms with E-state index >= 15 is 0 Å². The van der Waals surface area contributed by atoms with Gasteiger partial charge in [0.05, 0.1) is 0 Å². The van der Waals surface area contributed by atoms with Crippen molar-refractivity contribution < 1.29 is 0 Å². The molecule has 0 aliphatic rings. The molecule has 26 heavy (non-hydrogen) atoms. The van der Waals surface area contributed by atoms with E-state index in [1.54, 1.807) is 0 Å². The molecule has 0 saturated carbocycles. The largest absolute Gasteiger partial charge is 0.255 e. The van der Waals surface area contributed by atoms with Crippen LogP contribution in [-0.2, 0) is 19.3 Å². The van der Waals surface area contributed by atoms with Gasteiger partial charge in [-0.3, -0.25) is 5.43 Å². The second kappa shape index (κ2) is 10.5. The minimum atomic E-state index is 0.966. The van der Waals surface area contributed by atoms with E-state index in [0.29, 0.717) is 0 Å². The lowest BCUT2D eigenvalue weighted by molar-refractivity contribution is 0.193. The summed E-state index contributed by atoms with van der Waals surface area (Å²) in [4.78, 5) is 0. The lowest BCUT2D eigenvalue weighted by Crippen LogP contribution is -2.41. The van der Waals surface area contributed by atoms with Gasteiger partial charge in [-0.25, -0.2) is 5.01 Å². The summed E-state index contributed by atoms with van der Waals surface area (Å²) < 4.78 is 0. The summed E-state index contributed by atoms with van der Waals surface area (Å²) in [5.74, 6) is 0. The Kier molecular flexibility index (Phi) is 7.45. The highest BCUT2D eigenvalue weighted by molar-refractivity contribution is 5.16. The first-order chi connectivity index (χ1) is 12.9. The van der Waals surface area contributed by atoms with E-state index in [-0.39, 0.29) is 0 Å². The van der Waals surface area contributed by atoms with Crippen LogP contribution in [0.1, 0.15) is 16.7 Å². The lowest BCUT2D eigenvalue weighted by Gasteiger charge is -2.23. The molecule has 1 N–H and O–H groups in total. The van der Waals surface area contributed by atoms with E-state index in [9.17, 15) is 0 Å². The topological polar surface area (TPSA) is 15.3 Å². The van der Waals surface area contributed by atoms with E-state index in [0.717, 1.165) is 38.9 Å². The van der Waals surface area contributed by atoms with E-state index in [4.69, 9.17) is 0 Å². The van der Waals surface area contributed by atoms with E-state index < -0.39 is 0 Å². The molecule has 0 spiro atoms. The smallest absolute Gasteiger partial charge is 0.0171 e. The molecular formula is C24H28N2. The van der Waals surface area contributed by atoms with Crippen molar-refractivity contribution in [3.05, 3.63) is 108 Å². The van der Waals surface area contributed by atoms with Crippen LogP contribution in [0.4, 0.5) is 0 Å². The number of hydrazine groups is 1. The Labute approximate surface area is 157 Å². The van der Waals surface area contributed by atoms with Gasteiger partial charge in [-0.15, -0.1) is 0 Å². The summed E-state index contributed by atoms with van der Waals surface area (Å²) in [5.41, 5.74) is 7.80. The van der Waals surface area contributed by atoms with Crippen molar-refractivity contribution in [3.8, 4) is 0 Å². The Bertz CT molecular complexity index is 682. The zero-order valence-electron chi connectivity index (χ0n) is 15.4. The number of hydrogen-bond acceptors (Lipinski definition) is 2. The molecule has 3 aromatic carbocycles. The molecule has 0 bridgehead atoms. The molecule has 0 heterocycles. The van der Waals surface area contributed by atoms with Crippen molar-refractivity contribution in [3.63, 3.8) is 0 Å². The van der Waals surface area contributed by atoms with E-state index in [1.165, 1.54) is 16.7 Å². The van der Waals surface area contributed by atoms with Gasteiger partial charge in [0, 0.05) is 19.6 Å². The molecule has 0 aliphatic carbocycles. The first kappa shape index (κ1) is 18.4. The van der Waals surface area contributed by atoms with Crippen LogP contribution in [-0.4, -0.2) is 24.6 Å². The molecule has 2 heteroatoms. The maximum atomic E-state index is 3.64. The number of nitrogens with one attached hydrogen (secondary N) is 1. The maximum Gasteiger partial charge on any atom is 0.0171 e. The molecule has 3 aromatic rings. The average molecular weight is 345 g/mol. The zero-order chi connectivity index (χ0) is 17.9. The molecule has 0 atom stereocenters. The molecule has 0 radical (unpaired) electrons. The monoisotopic (exact) mass is 344 g/mol. The van der Waals surface area contributed by atoms with Gasteiger partial charge in [0.1, 0.15) is 0 Å². The number of nitrogens with zero attached hydrogens (tertiary/aromatic N) is 1. The highest BCUT2D eigenvalue weighted by Gasteiger charge is 2.06. The van der Waals surface area contributed by atoms with E-state index in [2.05, 4.69) is 101 Å². The van der Waals surface area contributed by atoms with Gasteiger partial charge in [-0.05, 0) is 36.0 Å². The molecule has 134 valence electrons. The third-order valence-corrected chi connectivity index (χ3v) is 4.62. The van der Waals surface area contributed by atoms with Crippen LogP contribution in [0.3, 0.4) is 0 Å². The number of rotatable bonds is 10. The van der Waals surface area contributed by atoms with Crippen molar-refractivity contribution in [2.75, 3.05) is 19.6 Å². The van der Waals surface area contributed by atoms with Crippen LogP contribution < -0.4 is 5.43 Å². The summed E-state index contributed by atoms with van der Waals surface area (Å²) in [7, 11) is 0. The molecule has 0 unspecified atom stereocenters. The third kappa shape index (κ3) is 6.47. The van der Waals surface area contributed by atoms with Gasteiger partial charge < -0.3 is 0 Å². The zero-order valence-corrected chi connectivity index (χ0v) is 15.4. The molecule has 0 fully saturated rings. The van der Waals surface area contributed by atoms with Crippen molar-refractivity contribution in [2.45, 2.75) is 19.3 Å². The van der Waals surface area contributed by atoms with Gasteiger partial charge in [-0.2, -0.15) is 0 Å². The normalized spacial score (nSPS) is 11.0. The Morgan fingerprint density at radius 3 is 1.31 bits per heavy atom. The average Bonchev–Trinajstić information content (AvgIpc) is 2.72. The van der Waals surface area contributed by atoms with Crippen LogP contribution in [0.5, 0.6) is 0 Å². The molecule has 0 amide bonds. The van der Waals surface area contributed by atoms with Crippen molar-refractivity contribution >= 4 is 0 Å². The van der Waals surface area contributed by atoms with Crippen molar-refractivity contribution in [2.24, 2.45) is 0 Å². The standard InChI is InChI=1S/C24H28N2/c1-4-10-22(11-5-1)16-19-25-26(20-17-23-12-6-2-7-13-23)21-18-24-14-8-3-9-15-24/h1-15,25H,16-21H2. The summed E-state index contributed by atoms with van der Waals surface area (Å²) in [6, 6.07) is 32.1. The van der Waals surface area contributed by atoms with Crippen LogP contribution >= 0.6 is 0 Å². The van der Waals surface area contributed by atoms with Crippen LogP contribution in [0.2, 0.25) is 0 Å². The molecule has 0 aliphatic heterocycles. The second-order valence-corrected chi connectivity index (χ2v) is 6.60. The van der Waals surface area contributed by atoms with Gasteiger partial charge >= 0.3 is 0 Å². The van der Waals surface area contributed by atoms with Gasteiger partial charge in [0.15, 0.2) is 0 Å². The number of hydrogen-bond donors (Lipinski definition) is 1. The Morgan fingerprint density at radius 1 is 0.500 bits per heavy atom. The first-order valence-electron chi connectivity index (χ1n) is 9.50. The summed E-state index contributed by atoms with van der Waals surface area (Å²) in [6.45, 7) is 3.00. The predicted octanol–water partition coefficient (Wildman–Crippen LogP) is 4.52. The maximum absolute atomic E-state index is 3.64. The number of benzene rings is 3. The fourth-order valence-corrected chi connectivity index (χ4v) is 3.09. The Hall–Kier alpha value is -2.42. The minimum Gasteiger partial charge on any atom is -0.255 e. The third-order valence-electron chi connectivity index (χ3n) is 4.62. The molecule has 3 rings (SSSR count). The Morgan fingerprint density at radius 2 is 0.885 bits per heavy atom. The second-order valence-electron chi connectivity index (χ2n) is 6.60. The van der Waals surface area contributed by atoms with Crippen molar-refractivity contribution in [1.82, 2.24) is 10.4 Å². The predicted molar refractivity (Wildman–Crippen MR) is 110 cm³/mol. The molecule has 0 aromatic heterocycles. The fourth-order valence-electron chi connectivity index (χ4n) is 3.09. The highest BCUT2D eigenvalue weighted by Crippen LogP contribution is 2.04. The van der Waals surface area contributed by atoms with Crippen LogP contribution in [0, 0.1) is 0 Å².